The first kappa shape index (κ1) is 15.5. The molecule has 1 amide bonds. The number of hydrogen-bond donors (Lipinski definition) is 0. The van der Waals surface area contributed by atoms with Crippen molar-refractivity contribution in [2.45, 2.75) is 25.8 Å². The van der Waals surface area contributed by atoms with E-state index in [0.29, 0.717) is 11.4 Å². The van der Waals surface area contributed by atoms with Crippen molar-refractivity contribution < 1.29 is 14.3 Å². The molecule has 0 aromatic heterocycles. The van der Waals surface area contributed by atoms with Crippen molar-refractivity contribution in [3.05, 3.63) is 35.4 Å². The molecule has 0 saturated carbocycles. The van der Waals surface area contributed by atoms with Gasteiger partial charge in [0, 0.05) is 17.5 Å². The Balaban J connectivity index is 2.89. The van der Waals surface area contributed by atoms with Crippen molar-refractivity contribution >= 4 is 23.5 Å². The van der Waals surface area contributed by atoms with Gasteiger partial charge in [-0.05, 0) is 31.5 Å². The Labute approximate surface area is 118 Å². The summed E-state index contributed by atoms with van der Waals surface area (Å²) in [5.74, 6) is -0.217. The second-order valence-electron chi connectivity index (χ2n) is 4.43. The summed E-state index contributed by atoms with van der Waals surface area (Å²) in [5, 5.41) is 0. The lowest BCUT2D eigenvalue weighted by atomic mass is 10.1. The molecule has 0 heterocycles. The maximum atomic E-state index is 12.3. The number of ether oxygens (including phenoxy) is 1. The summed E-state index contributed by atoms with van der Waals surface area (Å²) >= 11 is 5.70. The second-order valence-corrected chi connectivity index (χ2v) is 4.70. The van der Waals surface area contributed by atoms with Gasteiger partial charge in [0.15, 0.2) is 0 Å². The van der Waals surface area contributed by atoms with Gasteiger partial charge in [-0.2, -0.15) is 0 Å². The van der Waals surface area contributed by atoms with Gasteiger partial charge >= 0.3 is 5.97 Å². The fourth-order valence-corrected chi connectivity index (χ4v) is 1.77. The number of methoxy groups -OCH3 is 1. The van der Waals surface area contributed by atoms with Crippen LogP contribution < -0.4 is 0 Å². The fraction of sp³-hybridized carbons (Fsp3) is 0.429. The van der Waals surface area contributed by atoms with Gasteiger partial charge in [0.2, 0.25) is 0 Å². The zero-order valence-corrected chi connectivity index (χ0v) is 12.1. The summed E-state index contributed by atoms with van der Waals surface area (Å²) in [4.78, 5) is 25.1. The van der Waals surface area contributed by atoms with Crippen LogP contribution in [0.15, 0.2) is 24.3 Å². The van der Waals surface area contributed by atoms with Gasteiger partial charge in [-0.25, -0.2) is 0 Å². The van der Waals surface area contributed by atoms with Crippen LogP contribution in [0.25, 0.3) is 0 Å². The Morgan fingerprint density at radius 3 is 2.26 bits per heavy atom. The van der Waals surface area contributed by atoms with Crippen LogP contribution in [0.4, 0.5) is 0 Å². The number of carbonyl (C=O) groups is 2. The van der Waals surface area contributed by atoms with E-state index >= 15 is 0 Å². The summed E-state index contributed by atoms with van der Waals surface area (Å²) in [6.45, 7) is 3.66. The molecule has 0 radical (unpaired) electrons. The van der Waals surface area contributed by atoms with Gasteiger partial charge < -0.3 is 9.64 Å². The smallest absolute Gasteiger partial charge is 0.325 e. The Morgan fingerprint density at radius 2 is 1.84 bits per heavy atom. The molecule has 0 spiro atoms. The van der Waals surface area contributed by atoms with E-state index in [4.69, 9.17) is 11.6 Å². The molecular formula is C14H18ClNO3. The highest BCUT2D eigenvalue weighted by atomic mass is 35.5. The van der Waals surface area contributed by atoms with E-state index in [1.165, 1.54) is 12.0 Å². The van der Waals surface area contributed by atoms with E-state index in [-0.39, 0.29) is 18.5 Å². The summed E-state index contributed by atoms with van der Waals surface area (Å²) < 4.78 is 4.60. The normalized spacial score (nSPS) is 10.4. The van der Waals surface area contributed by atoms with Crippen LogP contribution in [-0.2, 0) is 15.4 Å². The molecule has 104 valence electrons. The Kier molecular flexibility index (Phi) is 5.83. The van der Waals surface area contributed by atoms with Crippen LogP contribution >= 0.6 is 11.6 Å². The predicted octanol–water partition coefficient (Wildman–Crippen LogP) is 2.45. The maximum absolute atomic E-state index is 12.3. The first-order chi connectivity index (χ1) is 8.99. The van der Waals surface area contributed by atoms with E-state index < -0.39 is 5.97 Å². The van der Waals surface area contributed by atoms with Crippen molar-refractivity contribution in [2.75, 3.05) is 13.7 Å². The summed E-state index contributed by atoms with van der Waals surface area (Å²) in [7, 11) is 1.31. The van der Waals surface area contributed by atoms with Gasteiger partial charge in [0.05, 0.1) is 7.11 Å². The first-order valence-electron chi connectivity index (χ1n) is 6.02. The minimum Gasteiger partial charge on any atom is -0.468 e. The fourth-order valence-electron chi connectivity index (χ4n) is 1.59. The van der Waals surface area contributed by atoms with Gasteiger partial charge in [0.25, 0.3) is 5.91 Å². The van der Waals surface area contributed by atoms with E-state index in [9.17, 15) is 9.59 Å². The molecule has 0 N–H and O–H groups in total. The Hall–Kier alpha value is -1.55. The average molecular weight is 284 g/mol. The van der Waals surface area contributed by atoms with Crippen molar-refractivity contribution in [3.63, 3.8) is 0 Å². The number of carbonyl (C=O) groups excluding carboxylic acids is 2. The molecule has 0 unspecified atom stereocenters. The molecule has 19 heavy (non-hydrogen) atoms. The zero-order chi connectivity index (χ0) is 14.4. The second kappa shape index (κ2) is 7.14. The number of halogens is 1. The molecular weight excluding hydrogens is 266 g/mol. The van der Waals surface area contributed by atoms with Crippen LogP contribution in [0, 0.1) is 0 Å². The van der Waals surface area contributed by atoms with E-state index in [1.807, 2.05) is 13.8 Å². The summed E-state index contributed by atoms with van der Waals surface area (Å²) in [5.41, 5.74) is 1.48. The lowest BCUT2D eigenvalue weighted by molar-refractivity contribution is -0.141. The number of hydrogen-bond acceptors (Lipinski definition) is 3. The van der Waals surface area contributed by atoms with Crippen molar-refractivity contribution in [1.82, 2.24) is 4.90 Å². The van der Waals surface area contributed by atoms with Crippen LogP contribution in [0.3, 0.4) is 0 Å². The Morgan fingerprint density at radius 1 is 1.26 bits per heavy atom. The third kappa shape index (κ3) is 4.24. The minimum atomic E-state index is -0.431. The van der Waals surface area contributed by atoms with E-state index in [1.54, 1.807) is 24.3 Å². The average Bonchev–Trinajstić information content (AvgIpc) is 2.43. The van der Waals surface area contributed by atoms with Crippen LogP contribution in [0.1, 0.15) is 29.8 Å². The SMILES string of the molecule is COC(=O)CN(C(=O)c1ccc(CCl)cc1)C(C)C. The molecule has 0 fully saturated rings. The zero-order valence-electron chi connectivity index (χ0n) is 11.4. The van der Waals surface area contributed by atoms with E-state index in [2.05, 4.69) is 4.74 Å². The highest BCUT2D eigenvalue weighted by molar-refractivity contribution is 6.17. The lowest BCUT2D eigenvalue weighted by Gasteiger charge is -2.25. The monoisotopic (exact) mass is 283 g/mol. The highest BCUT2D eigenvalue weighted by Gasteiger charge is 2.21. The molecule has 0 aliphatic rings. The molecule has 0 aliphatic carbocycles. The predicted molar refractivity (Wildman–Crippen MR) is 74.2 cm³/mol. The summed E-state index contributed by atoms with van der Waals surface area (Å²) in [6, 6.07) is 6.95. The number of alkyl halides is 1. The molecule has 0 bridgehead atoms. The molecule has 5 heteroatoms. The molecule has 1 aromatic carbocycles. The topological polar surface area (TPSA) is 46.6 Å². The van der Waals surface area contributed by atoms with Crippen molar-refractivity contribution in [1.29, 1.82) is 0 Å². The van der Waals surface area contributed by atoms with E-state index in [0.717, 1.165) is 5.56 Å². The Bertz CT molecular complexity index is 443. The third-order valence-electron chi connectivity index (χ3n) is 2.77. The summed E-state index contributed by atoms with van der Waals surface area (Å²) in [6.07, 6.45) is 0. The van der Waals surface area contributed by atoms with Crippen molar-refractivity contribution in [3.8, 4) is 0 Å². The van der Waals surface area contributed by atoms with Gasteiger partial charge in [0.1, 0.15) is 6.54 Å². The molecule has 0 aliphatic heterocycles. The molecule has 1 aromatic rings. The third-order valence-corrected chi connectivity index (χ3v) is 3.08. The first-order valence-corrected chi connectivity index (χ1v) is 6.55. The molecule has 0 atom stereocenters. The van der Waals surface area contributed by atoms with Crippen molar-refractivity contribution in [2.24, 2.45) is 0 Å². The van der Waals surface area contributed by atoms with Gasteiger partial charge in [-0.3, -0.25) is 9.59 Å². The number of rotatable bonds is 5. The van der Waals surface area contributed by atoms with Crippen LogP contribution in [-0.4, -0.2) is 36.5 Å². The largest absolute Gasteiger partial charge is 0.468 e. The maximum Gasteiger partial charge on any atom is 0.325 e. The highest BCUT2D eigenvalue weighted by Crippen LogP contribution is 2.11. The van der Waals surface area contributed by atoms with Crippen LogP contribution in [0.2, 0.25) is 0 Å². The molecule has 0 saturated heterocycles. The number of amides is 1. The molecule has 4 nitrogen and oxygen atoms in total. The number of nitrogens with zero attached hydrogens (tertiary/aromatic N) is 1. The molecule has 1 rings (SSSR count). The minimum absolute atomic E-state index is 0.0513. The lowest BCUT2D eigenvalue weighted by Crippen LogP contribution is -2.41. The van der Waals surface area contributed by atoms with Crippen LogP contribution in [0.5, 0.6) is 0 Å². The number of benzene rings is 1. The number of esters is 1. The quantitative estimate of drug-likeness (QED) is 0.616. The standard InChI is InChI=1S/C14H18ClNO3/c1-10(2)16(9-13(17)19-3)14(18)12-6-4-11(8-15)5-7-12/h4-7,10H,8-9H2,1-3H3. The van der Waals surface area contributed by atoms with Gasteiger partial charge in [-0.15, -0.1) is 11.6 Å². The van der Waals surface area contributed by atoms with Gasteiger partial charge in [-0.1, -0.05) is 12.1 Å².